The van der Waals surface area contributed by atoms with Gasteiger partial charge in [-0.3, -0.25) is 14.4 Å². The normalized spacial score (nSPS) is 13.0. The van der Waals surface area contributed by atoms with Crippen LogP contribution in [0.5, 0.6) is 0 Å². The van der Waals surface area contributed by atoms with Crippen molar-refractivity contribution in [1.29, 1.82) is 0 Å². The molecule has 0 aliphatic rings. The van der Waals surface area contributed by atoms with Gasteiger partial charge in [-0.2, -0.15) is 0 Å². The van der Waals surface area contributed by atoms with Gasteiger partial charge in [0.25, 0.3) is 0 Å². The Morgan fingerprint density at radius 1 is 0.296 bits per heavy atom. The SMILES string of the molecule is CC\C=C/C=C\C=C/C=C\C=C\C=C/CCCCCC(=O)OCC(COC(=O)CCCCCCC\C=C/C=C\C=C/C=C\CCCCC)OC(=O)CCCCCCCCCCCCCCCCCCCC. The first-order valence-electron chi connectivity index (χ1n) is 29.2. The molecule has 0 aromatic rings. The van der Waals surface area contributed by atoms with Gasteiger partial charge in [-0.15, -0.1) is 0 Å². The van der Waals surface area contributed by atoms with E-state index in [2.05, 4.69) is 81.5 Å². The molecule has 402 valence electrons. The van der Waals surface area contributed by atoms with Crippen molar-refractivity contribution >= 4 is 17.9 Å². The van der Waals surface area contributed by atoms with E-state index in [0.29, 0.717) is 19.3 Å². The molecule has 0 fully saturated rings. The quantitative estimate of drug-likeness (QED) is 0.0261. The maximum absolute atomic E-state index is 12.9. The number of hydrogen-bond acceptors (Lipinski definition) is 6. The van der Waals surface area contributed by atoms with Crippen LogP contribution in [0.4, 0.5) is 0 Å². The fourth-order valence-electron chi connectivity index (χ4n) is 7.84. The number of esters is 3. The lowest BCUT2D eigenvalue weighted by molar-refractivity contribution is -0.167. The molecule has 0 heterocycles. The molecule has 0 aromatic carbocycles. The summed E-state index contributed by atoms with van der Waals surface area (Å²) in [5.74, 6) is -0.968. The molecule has 0 amide bonds. The van der Waals surface area contributed by atoms with Crippen LogP contribution < -0.4 is 0 Å². The van der Waals surface area contributed by atoms with E-state index in [9.17, 15) is 14.4 Å². The molecule has 0 N–H and O–H groups in total. The van der Waals surface area contributed by atoms with E-state index in [4.69, 9.17) is 14.2 Å². The molecule has 0 saturated carbocycles. The van der Waals surface area contributed by atoms with Crippen molar-refractivity contribution in [3.05, 3.63) is 122 Å². The summed E-state index contributed by atoms with van der Waals surface area (Å²) in [6.07, 6.45) is 80.4. The average Bonchev–Trinajstić information content (AvgIpc) is 3.37. The van der Waals surface area contributed by atoms with Crippen LogP contribution >= 0.6 is 0 Å². The van der Waals surface area contributed by atoms with E-state index in [0.717, 1.165) is 96.3 Å². The molecule has 0 radical (unpaired) electrons. The third-order valence-electron chi connectivity index (χ3n) is 12.2. The van der Waals surface area contributed by atoms with Crippen molar-refractivity contribution in [2.75, 3.05) is 13.2 Å². The lowest BCUT2D eigenvalue weighted by atomic mass is 10.0. The van der Waals surface area contributed by atoms with Gasteiger partial charge in [-0.1, -0.05) is 290 Å². The van der Waals surface area contributed by atoms with E-state index in [-0.39, 0.29) is 31.1 Å². The zero-order valence-corrected chi connectivity index (χ0v) is 45.9. The van der Waals surface area contributed by atoms with Gasteiger partial charge < -0.3 is 14.2 Å². The molecule has 0 bridgehead atoms. The number of carbonyl (C=O) groups excluding carboxylic acids is 3. The van der Waals surface area contributed by atoms with E-state index < -0.39 is 6.10 Å². The second-order valence-electron chi connectivity index (χ2n) is 19.1. The average molecular weight is 984 g/mol. The Balaban J connectivity index is 4.52. The lowest BCUT2D eigenvalue weighted by Crippen LogP contribution is -2.30. The van der Waals surface area contributed by atoms with Crippen molar-refractivity contribution in [3.63, 3.8) is 0 Å². The predicted molar refractivity (Wildman–Crippen MR) is 306 cm³/mol. The van der Waals surface area contributed by atoms with Crippen LogP contribution in [0.2, 0.25) is 0 Å². The Labute approximate surface area is 437 Å². The third kappa shape index (κ3) is 56.6. The fraction of sp³-hybridized carbons (Fsp3) is 0.646. The highest BCUT2D eigenvalue weighted by Gasteiger charge is 2.19. The Bertz CT molecular complexity index is 1500. The van der Waals surface area contributed by atoms with Gasteiger partial charge in [0.2, 0.25) is 0 Å². The van der Waals surface area contributed by atoms with Crippen molar-refractivity contribution in [2.24, 2.45) is 0 Å². The van der Waals surface area contributed by atoms with Crippen LogP contribution in [0.25, 0.3) is 0 Å². The van der Waals surface area contributed by atoms with Crippen LogP contribution in [0.3, 0.4) is 0 Å². The van der Waals surface area contributed by atoms with Crippen LogP contribution in [0, 0.1) is 0 Å². The lowest BCUT2D eigenvalue weighted by Gasteiger charge is -2.18. The second-order valence-corrected chi connectivity index (χ2v) is 19.1. The zero-order chi connectivity index (χ0) is 51.4. The molecule has 1 unspecified atom stereocenters. The molecule has 0 spiro atoms. The van der Waals surface area contributed by atoms with E-state index >= 15 is 0 Å². The molecule has 1 atom stereocenters. The number of unbranched alkanes of at least 4 members (excludes halogenated alkanes) is 28. The second kappa shape index (κ2) is 58.4. The summed E-state index contributed by atoms with van der Waals surface area (Å²) in [7, 11) is 0. The first kappa shape index (κ1) is 66.8. The maximum Gasteiger partial charge on any atom is 0.306 e. The van der Waals surface area contributed by atoms with E-state index in [1.54, 1.807) is 0 Å². The summed E-state index contributed by atoms with van der Waals surface area (Å²) in [6, 6.07) is 0. The van der Waals surface area contributed by atoms with Crippen molar-refractivity contribution in [3.8, 4) is 0 Å². The molecule has 71 heavy (non-hydrogen) atoms. The molecular formula is C65H106O6. The van der Waals surface area contributed by atoms with Crippen molar-refractivity contribution < 1.29 is 28.6 Å². The Morgan fingerprint density at radius 3 is 0.901 bits per heavy atom. The largest absolute Gasteiger partial charge is 0.462 e. The number of carbonyl (C=O) groups is 3. The highest BCUT2D eigenvalue weighted by Crippen LogP contribution is 2.16. The summed E-state index contributed by atoms with van der Waals surface area (Å²) in [4.78, 5) is 38.2. The standard InChI is InChI=1S/C65H106O6/c1-4-7-10-13-16-19-22-25-28-31-34-37-40-43-46-49-52-55-58-64(67)70-61-62(60-69-63(66)57-54-51-48-45-42-39-36-33-30-27-24-21-18-15-12-9-6-3)71-65(68)59-56-53-50-47-44-41-38-35-32-29-26-23-20-17-14-11-8-5-2/h9,12,15-16,18-19,21-22,24-25,27-28,30-31,33-34,36-37,39,42,62H,4-8,10-11,13-14,17,20,23,26,29,32,35,38,40-41,43-61H2,1-3H3/b12-9-,18-15-,19-16-,24-21-,25-22-,30-27-,31-28-,36-33+,37-34-,42-39-. The number of hydrogen-bond donors (Lipinski definition) is 0. The predicted octanol–water partition coefficient (Wildman–Crippen LogP) is 19.6. The van der Waals surface area contributed by atoms with Gasteiger partial charge in [0.1, 0.15) is 13.2 Å². The summed E-state index contributed by atoms with van der Waals surface area (Å²) in [5, 5.41) is 0. The number of allylic oxidation sites excluding steroid dienone is 20. The van der Waals surface area contributed by atoms with Gasteiger partial charge >= 0.3 is 17.9 Å². The van der Waals surface area contributed by atoms with Crippen LogP contribution in [0.15, 0.2) is 122 Å². The van der Waals surface area contributed by atoms with Gasteiger partial charge in [0.05, 0.1) is 0 Å². The smallest absolute Gasteiger partial charge is 0.306 e. The van der Waals surface area contributed by atoms with Crippen molar-refractivity contribution in [2.45, 2.75) is 258 Å². The Hall–Kier alpha value is -4.19. The van der Waals surface area contributed by atoms with Crippen LogP contribution in [-0.4, -0.2) is 37.2 Å². The molecule has 6 nitrogen and oxygen atoms in total. The molecular weight excluding hydrogens is 877 g/mol. The van der Waals surface area contributed by atoms with E-state index in [1.807, 2.05) is 60.8 Å². The molecule has 0 aromatic heterocycles. The first-order valence-corrected chi connectivity index (χ1v) is 29.2. The summed E-state index contributed by atoms with van der Waals surface area (Å²) < 4.78 is 16.8. The maximum atomic E-state index is 12.9. The first-order chi connectivity index (χ1) is 35.0. The highest BCUT2D eigenvalue weighted by molar-refractivity contribution is 5.71. The van der Waals surface area contributed by atoms with Gasteiger partial charge in [0, 0.05) is 19.3 Å². The summed E-state index contributed by atoms with van der Waals surface area (Å²) in [6.45, 7) is 6.41. The Morgan fingerprint density at radius 2 is 0.549 bits per heavy atom. The monoisotopic (exact) mass is 983 g/mol. The highest BCUT2D eigenvalue weighted by atomic mass is 16.6. The topological polar surface area (TPSA) is 78.9 Å². The number of rotatable bonds is 51. The molecule has 6 heteroatoms. The molecule has 0 aliphatic heterocycles. The van der Waals surface area contributed by atoms with Crippen LogP contribution in [-0.2, 0) is 28.6 Å². The van der Waals surface area contributed by atoms with Gasteiger partial charge in [-0.05, 0) is 64.2 Å². The zero-order valence-electron chi connectivity index (χ0n) is 45.9. The van der Waals surface area contributed by atoms with E-state index in [1.165, 1.54) is 116 Å². The minimum absolute atomic E-state index is 0.106. The minimum Gasteiger partial charge on any atom is -0.462 e. The third-order valence-corrected chi connectivity index (χ3v) is 12.2. The fourth-order valence-corrected chi connectivity index (χ4v) is 7.84. The number of ether oxygens (including phenoxy) is 3. The van der Waals surface area contributed by atoms with Gasteiger partial charge in [0.15, 0.2) is 6.10 Å². The minimum atomic E-state index is -0.809. The molecule has 0 aliphatic carbocycles. The molecule has 0 rings (SSSR count). The van der Waals surface area contributed by atoms with Crippen LogP contribution in [0.1, 0.15) is 252 Å². The summed E-state index contributed by atoms with van der Waals surface area (Å²) >= 11 is 0. The Kier molecular flexibility index (Phi) is 54.9. The van der Waals surface area contributed by atoms with Crippen molar-refractivity contribution in [1.82, 2.24) is 0 Å². The summed E-state index contributed by atoms with van der Waals surface area (Å²) in [5.41, 5.74) is 0. The van der Waals surface area contributed by atoms with Gasteiger partial charge in [-0.25, -0.2) is 0 Å². The molecule has 0 saturated heterocycles.